The van der Waals surface area contributed by atoms with Crippen LogP contribution < -0.4 is 11.1 Å². The molecule has 0 saturated heterocycles. The first kappa shape index (κ1) is 14.7. The molecule has 4 nitrogen and oxygen atoms in total. The molecule has 5 heteroatoms. The highest BCUT2D eigenvalue weighted by Gasteiger charge is 2.18. The average molecular weight is 268 g/mol. The Hall–Kier alpha value is -1.36. The summed E-state index contributed by atoms with van der Waals surface area (Å²) in [4.78, 5) is 24.1. The Morgan fingerprint density at radius 2 is 1.94 bits per heavy atom. The van der Waals surface area contributed by atoms with Gasteiger partial charge in [-0.2, -0.15) is 0 Å². The van der Waals surface area contributed by atoms with E-state index in [0.29, 0.717) is 17.0 Å². The fourth-order valence-corrected chi connectivity index (χ4v) is 2.82. The van der Waals surface area contributed by atoms with E-state index in [9.17, 15) is 9.59 Å². The van der Waals surface area contributed by atoms with Gasteiger partial charge in [-0.25, -0.2) is 0 Å². The smallest absolute Gasteiger partial charge is 0.251 e. The number of carbonyl (C=O) groups excluding carboxylic acids is 2. The van der Waals surface area contributed by atoms with Crippen LogP contribution in [0.2, 0.25) is 0 Å². The Morgan fingerprint density at radius 1 is 1.28 bits per heavy atom. The van der Waals surface area contributed by atoms with Crippen molar-refractivity contribution in [3.63, 3.8) is 0 Å². The van der Waals surface area contributed by atoms with Crippen molar-refractivity contribution < 1.29 is 9.59 Å². The Bertz CT molecular complexity index is 452. The molecule has 0 aliphatic rings. The number of nitrogens with one attached hydrogen (secondary N) is 1. The van der Waals surface area contributed by atoms with E-state index in [1.807, 2.05) is 13.8 Å². The normalized spacial score (nSPS) is 10.4. The van der Waals surface area contributed by atoms with Crippen LogP contribution in [-0.4, -0.2) is 11.8 Å². The first-order valence-corrected chi connectivity index (χ1v) is 6.98. The van der Waals surface area contributed by atoms with E-state index in [2.05, 4.69) is 12.2 Å². The molecule has 1 rings (SSSR count). The number of carbonyl (C=O) groups is 2. The van der Waals surface area contributed by atoms with Gasteiger partial charge in [-0.15, -0.1) is 11.3 Å². The number of rotatable bonds is 6. The zero-order chi connectivity index (χ0) is 13.7. The third-order valence-corrected chi connectivity index (χ3v) is 4.01. The second-order valence-electron chi connectivity index (χ2n) is 4.36. The molecule has 100 valence electrons. The second-order valence-corrected chi connectivity index (χ2v) is 5.58. The number of primary amides is 1. The van der Waals surface area contributed by atoms with Gasteiger partial charge in [0.05, 0.1) is 5.56 Å². The van der Waals surface area contributed by atoms with Crippen LogP contribution in [-0.2, 0) is 4.79 Å². The van der Waals surface area contributed by atoms with Gasteiger partial charge in [-0.3, -0.25) is 9.59 Å². The summed E-state index contributed by atoms with van der Waals surface area (Å²) >= 11 is 1.40. The van der Waals surface area contributed by atoms with Crippen LogP contribution in [0, 0.1) is 13.8 Å². The van der Waals surface area contributed by atoms with Crippen LogP contribution in [0.3, 0.4) is 0 Å². The van der Waals surface area contributed by atoms with Crippen LogP contribution in [0.15, 0.2) is 0 Å². The second kappa shape index (κ2) is 6.54. The molecule has 0 aliphatic heterocycles. The van der Waals surface area contributed by atoms with E-state index in [4.69, 9.17) is 5.73 Å². The van der Waals surface area contributed by atoms with Crippen LogP contribution in [0.4, 0.5) is 5.00 Å². The monoisotopic (exact) mass is 268 g/mol. The molecule has 0 aromatic carbocycles. The molecular weight excluding hydrogens is 248 g/mol. The first-order valence-electron chi connectivity index (χ1n) is 6.17. The summed E-state index contributed by atoms with van der Waals surface area (Å²) in [7, 11) is 0. The van der Waals surface area contributed by atoms with Crippen LogP contribution in [0.1, 0.15) is 53.4 Å². The van der Waals surface area contributed by atoms with Gasteiger partial charge in [0.2, 0.25) is 5.91 Å². The Kier molecular flexibility index (Phi) is 5.34. The van der Waals surface area contributed by atoms with Crippen molar-refractivity contribution in [3.05, 3.63) is 16.0 Å². The van der Waals surface area contributed by atoms with E-state index < -0.39 is 5.91 Å². The van der Waals surface area contributed by atoms with E-state index >= 15 is 0 Å². The van der Waals surface area contributed by atoms with Gasteiger partial charge in [-0.1, -0.05) is 19.8 Å². The van der Waals surface area contributed by atoms with Crippen molar-refractivity contribution in [2.45, 2.75) is 46.5 Å². The van der Waals surface area contributed by atoms with Gasteiger partial charge in [-0.05, 0) is 25.8 Å². The quantitative estimate of drug-likeness (QED) is 0.778. The summed E-state index contributed by atoms with van der Waals surface area (Å²) < 4.78 is 0. The molecule has 1 aromatic rings. The predicted octanol–water partition coefficient (Wildman–Crippen LogP) is 2.98. The SMILES string of the molecule is CCCCCC(=O)Nc1sc(C)c(C)c1C(N)=O. The number of nitrogens with two attached hydrogens (primary N) is 1. The lowest BCUT2D eigenvalue weighted by Crippen LogP contribution is -2.17. The summed E-state index contributed by atoms with van der Waals surface area (Å²) in [5.41, 5.74) is 6.65. The summed E-state index contributed by atoms with van der Waals surface area (Å²) in [5.74, 6) is -0.534. The number of hydrogen-bond donors (Lipinski definition) is 2. The van der Waals surface area contributed by atoms with Gasteiger partial charge in [0.25, 0.3) is 5.91 Å². The molecule has 18 heavy (non-hydrogen) atoms. The summed E-state index contributed by atoms with van der Waals surface area (Å²) in [5, 5.41) is 3.37. The van der Waals surface area contributed by atoms with Gasteiger partial charge in [0, 0.05) is 11.3 Å². The highest BCUT2D eigenvalue weighted by atomic mass is 32.1. The zero-order valence-electron chi connectivity index (χ0n) is 11.1. The van der Waals surface area contributed by atoms with Crippen molar-refractivity contribution in [1.82, 2.24) is 0 Å². The molecule has 1 heterocycles. The molecule has 0 aliphatic carbocycles. The van der Waals surface area contributed by atoms with Gasteiger partial charge in [0.1, 0.15) is 5.00 Å². The maximum Gasteiger partial charge on any atom is 0.251 e. The van der Waals surface area contributed by atoms with Crippen molar-refractivity contribution in [1.29, 1.82) is 0 Å². The van der Waals surface area contributed by atoms with Crippen LogP contribution in [0.25, 0.3) is 0 Å². The van der Waals surface area contributed by atoms with Crippen molar-refractivity contribution in [3.8, 4) is 0 Å². The van der Waals surface area contributed by atoms with Crippen molar-refractivity contribution in [2.24, 2.45) is 5.73 Å². The van der Waals surface area contributed by atoms with Crippen molar-refractivity contribution >= 4 is 28.2 Å². The molecule has 0 fully saturated rings. The number of anilines is 1. The lowest BCUT2D eigenvalue weighted by atomic mass is 10.1. The Labute approximate surface area is 112 Å². The van der Waals surface area contributed by atoms with Gasteiger partial charge < -0.3 is 11.1 Å². The molecule has 1 aromatic heterocycles. The molecule has 0 unspecified atom stereocenters. The Balaban J connectivity index is 2.75. The lowest BCUT2D eigenvalue weighted by Gasteiger charge is -2.04. The largest absolute Gasteiger partial charge is 0.365 e. The topological polar surface area (TPSA) is 72.2 Å². The maximum atomic E-state index is 11.7. The molecule has 0 radical (unpaired) electrons. The first-order chi connectivity index (χ1) is 8.47. The minimum atomic E-state index is -0.485. The van der Waals surface area contributed by atoms with Crippen LogP contribution in [0.5, 0.6) is 0 Å². The minimum absolute atomic E-state index is 0.0489. The van der Waals surface area contributed by atoms with E-state index in [-0.39, 0.29) is 5.91 Å². The molecule has 2 amide bonds. The number of amides is 2. The van der Waals surface area contributed by atoms with E-state index in [1.54, 1.807) is 0 Å². The maximum absolute atomic E-state index is 11.7. The van der Waals surface area contributed by atoms with Gasteiger partial charge in [0.15, 0.2) is 0 Å². The fraction of sp³-hybridized carbons (Fsp3) is 0.538. The summed E-state index contributed by atoms with van der Waals surface area (Å²) in [6.45, 7) is 5.85. The number of aryl methyl sites for hydroxylation is 1. The summed E-state index contributed by atoms with van der Waals surface area (Å²) in [6.07, 6.45) is 3.48. The Morgan fingerprint density at radius 3 is 2.50 bits per heavy atom. The average Bonchev–Trinajstić information content (AvgIpc) is 2.54. The summed E-state index contributed by atoms with van der Waals surface area (Å²) in [6, 6.07) is 0. The molecule has 0 atom stereocenters. The number of unbranched alkanes of at least 4 members (excludes halogenated alkanes) is 2. The van der Waals surface area contributed by atoms with Crippen LogP contribution >= 0.6 is 11.3 Å². The zero-order valence-corrected chi connectivity index (χ0v) is 11.9. The van der Waals surface area contributed by atoms with E-state index in [0.717, 1.165) is 29.7 Å². The fourth-order valence-electron chi connectivity index (χ4n) is 1.74. The molecular formula is C13H20N2O2S. The minimum Gasteiger partial charge on any atom is -0.365 e. The molecule has 0 spiro atoms. The highest BCUT2D eigenvalue weighted by Crippen LogP contribution is 2.32. The van der Waals surface area contributed by atoms with Gasteiger partial charge >= 0.3 is 0 Å². The lowest BCUT2D eigenvalue weighted by molar-refractivity contribution is -0.116. The number of thiophene rings is 1. The molecule has 3 N–H and O–H groups in total. The molecule has 0 bridgehead atoms. The standard InChI is InChI=1S/C13H20N2O2S/c1-4-5-6-7-10(16)15-13-11(12(14)17)8(2)9(3)18-13/h4-7H2,1-3H3,(H2,14,17)(H,15,16). The van der Waals surface area contributed by atoms with Crippen molar-refractivity contribution in [2.75, 3.05) is 5.32 Å². The highest BCUT2D eigenvalue weighted by molar-refractivity contribution is 7.16. The third-order valence-electron chi connectivity index (χ3n) is 2.89. The third kappa shape index (κ3) is 3.57. The number of hydrogen-bond acceptors (Lipinski definition) is 3. The van der Waals surface area contributed by atoms with E-state index in [1.165, 1.54) is 11.3 Å². The molecule has 0 saturated carbocycles. The predicted molar refractivity (Wildman–Crippen MR) is 75.1 cm³/mol.